The van der Waals surface area contributed by atoms with Gasteiger partial charge in [0, 0.05) is 11.8 Å². The van der Waals surface area contributed by atoms with Gasteiger partial charge in [0.1, 0.15) is 12.1 Å². The molecule has 0 amide bonds. The van der Waals surface area contributed by atoms with Crippen molar-refractivity contribution in [3.05, 3.63) is 18.1 Å². The maximum atomic E-state index is 5.62. The minimum absolute atomic E-state index is 0.600. The molecule has 1 heterocycles. The van der Waals surface area contributed by atoms with Crippen LogP contribution in [0, 0.1) is 5.92 Å². The van der Waals surface area contributed by atoms with Crippen LogP contribution >= 0.6 is 0 Å². The Balaban J connectivity index is 2.78. The van der Waals surface area contributed by atoms with E-state index in [0.29, 0.717) is 11.7 Å². The monoisotopic (exact) mass is 151 g/mol. The molecule has 1 aromatic heterocycles. The number of nitrogens with zero attached hydrogens (tertiary/aromatic N) is 2. The highest BCUT2D eigenvalue weighted by atomic mass is 14.9. The molecule has 2 N–H and O–H groups in total. The molecule has 1 rings (SSSR count). The van der Waals surface area contributed by atoms with Crippen molar-refractivity contribution >= 4 is 5.82 Å². The molecule has 0 atom stereocenters. The van der Waals surface area contributed by atoms with Crippen LogP contribution in [0.2, 0.25) is 0 Å². The van der Waals surface area contributed by atoms with Crippen LogP contribution in [-0.4, -0.2) is 9.97 Å². The predicted molar refractivity (Wildman–Crippen MR) is 45.0 cm³/mol. The van der Waals surface area contributed by atoms with Gasteiger partial charge < -0.3 is 5.73 Å². The summed E-state index contributed by atoms with van der Waals surface area (Å²) in [6.07, 6.45) is 4.20. The Morgan fingerprint density at radius 1 is 1.55 bits per heavy atom. The Morgan fingerprint density at radius 3 is 2.82 bits per heavy atom. The fraction of sp³-hybridized carbons (Fsp3) is 0.500. The second-order valence-electron chi connectivity index (χ2n) is 3.03. The van der Waals surface area contributed by atoms with Crippen LogP contribution in [-0.2, 0) is 6.42 Å². The van der Waals surface area contributed by atoms with Crippen LogP contribution in [0.1, 0.15) is 19.4 Å². The molecule has 0 bridgehead atoms. The Hall–Kier alpha value is -1.12. The number of rotatable bonds is 2. The molecule has 0 unspecified atom stereocenters. The largest absolute Gasteiger partial charge is 0.383 e. The van der Waals surface area contributed by atoms with Gasteiger partial charge >= 0.3 is 0 Å². The quantitative estimate of drug-likeness (QED) is 0.692. The van der Waals surface area contributed by atoms with Gasteiger partial charge in [-0.1, -0.05) is 13.8 Å². The van der Waals surface area contributed by atoms with Crippen LogP contribution < -0.4 is 5.73 Å². The molecule has 0 aliphatic carbocycles. The van der Waals surface area contributed by atoms with E-state index in [1.165, 1.54) is 6.33 Å². The maximum absolute atomic E-state index is 5.62. The topological polar surface area (TPSA) is 51.8 Å². The molecule has 0 aliphatic rings. The summed E-state index contributed by atoms with van der Waals surface area (Å²) < 4.78 is 0. The van der Waals surface area contributed by atoms with Crippen LogP contribution in [0.5, 0.6) is 0 Å². The van der Waals surface area contributed by atoms with E-state index < -0.39 is 0 Å². The van der Waals surface area contributed by atoms with Gasteiger partial charge in [-0.2, -0.15) is 0 Å². The lowest BCUT2D eigenvalue weighted by Crippen LogP contribution is -2.01. The smallest absolute Gasteiger partial charge is 0.129 e. The highest BCUT2D eigenvalue weighted by Gasteiger charge is 2.01. The van der Waals surface area contributed by atoms with Crippen LogP contribution in [0.15, 0.2) is 12.5 Å². The molecule has 0 spiro atoms. The van der Waals surface area contributed by atoms with Gasteiger partial charge in [-0.3, -0.25) is 0 Å². The molecule has 0 fully saturated rings. The Labute approximate surface area is 66.7 Å². The summed E-state index contributed by atoms with van der Waals surface area (Å²) in [6, 6.07) is 0. The molecule has 11 heavy (non-hydrogen) atoms. The van der Waals surface area contributed by atoms with Crippen LogP contribution in [0.3, 0.4) is 0 Å². The lowest BCUT2D eigenvalue weighted by molar-refractivity contribution is 0.645. The van der Waals surface area contributed by atoms with E-state index in [1.54, 1.807) is 6.20 Å². The molecule has 0 aliphatic heterocycles. The van der Waals surface area contributed by atoms with Gasteiger partial charge in [-0.15, -0.1) is 0 Å². The van der Waals surface area contributed by atoms with E-state index in [-0.39, 0.29) is 0 Å². The second kappa shape index (κ2) is 3.32. The summed E-state index contributed by atoms with van der Waals surface area (Å²) in [4.78, 5) is 7.81. The lowest BCUT2D eigenvalue weighted by Gasteiger charge is -2.05. The minimum atomic E-state index is 0.600. The molecule has 0 saturated carbocycles. The first-order valence-corrected chi connectivity index (χ1v) is 3.74. The number of anilines is 1. The van der Waals surface area contributed by atoms with Gasteiger partial charge in [0.05, 0.1) is 0 Å². The number of nitrogen functional groups attached to an aromatic ring is 1. The van der Waals surface area contributed by atoms with E-state index in [0.717, 1.165) is 12.0 Å². The molecular weight excluding hydrogens is 138 g/mol. The highest BCUT2D eigenvalue weighted by Crippen LogP contribution is 2.10. The number of hydrogen-bond donors (Lipinski definition) is 1. The predicted octanol–water partition coefficient (Wildman–Crippen LogP) is 1.26. The molecule has 1 aromatic rings. The minimum Gasteiger partial charge on any atom is -0.383 e. The fourth-order valence-corrected chi connectivity index (χ4v) is 0.965. The lowest BCUT2D eigenvalue weighted by atomic mass is 10.1. The first-order valence-electron chi connectivity index (χ1n) is 3.74. The Kier molecular flexibility index (Phi) is 2.41. The van der Waals surface area contributed by atoms with Crippen LogP contribution in [0.4, 0.5) is 5.82 Å². The van der Waals surface area contributed by atoms with Crippen LogP contribution in [0.25, 0.3) is 0 Å². The zero-order chi connectivity index (χ0) is 8.27. The third-order valence-corrected chi connectivity index (χ3v) is 1.45. The summed E-state index contributed by atoms with van der Waals surface area (Å²) in [7, 11) is 0. The van der Waals surface area contributed by atoms with Crippen molar-refractivity contribution in [3.8, 4) is 0 Å². The Morgan fingerprint density at radius 2 is 2.27 bits per heavy atom. The van der Waals surface area contributed by atoms with Gasteiger partial charge in [0.2, 0.25) is 0 Å². The van der Waals surface area contributed by atoms with Crippen molar-refractivity contribution in [1.29, 1.82) is 0 Å². The molecule has 0 aromatic carbocycles. The zero-order valence-corrected chi connectivity index (χ0v) is 6.91. The first kappa shape index (κ1) is 7.98. The molecular formula is C8H13N3. The zero-order valence-electron chi connectivity index (χ0n) is 6.91. The van der Waals surface area contributed by atoms with Gasteiger partial charge in [0.15, 0.2) is 0 Å². The molecule has 60 valence electrons. The van der Waals surface area contributed by atoms with Crippen molar-refractivity contribution in [2.75, 3.05) is 5.73 Å². The SMILES string of the molecule is CC(C)Cc1cncnc1N. The van der Waals surface area contributed by atoms with Crippen molar-refractivity contribution in [2.45, 2.75) is 20.3 Å². The first-order chi connectivity index (χ1) is 5.20. The molecule has 3 heteroatoms. The van der Waals surface area contributed by atoms with Crippen molar-refractivity contribution in [1.82, 2.24) is 9.97 Å². The van der Waals surface area contributed by atoms with Gasteiger partial charge in [-0.05, 0) is 12.3 Å². The Bertz CT molecular complexity index is 233. The average Bonchev–Trinajstić information content (AvgIpc) is 1.93. The summed E-state index contributed by atoms with van der Waals surface area (Å²) in [5.74, 6) is 1.21. The van der Waals surface area contributed by atoms with E-state index >= 15 is 0 Å². The van der Waals surface area contributed by atoms with Gasteiger partial charge in [-0.25, -0.2) is 9.97 Å². The normalized spacial score (nSPS) is 10.5. The molecule has 0 radical (unpaired) electrons. The third kappa shape index (κ3) is 2.18. The third-order valence-electron chi connectivity index (χ3n) is 1.45. The summed E-state index contributed by atoms with van der Waals surface area (Å²) >= 11 is 0. The summed E-state index contributed by atoms with van der Waals surface area (Å²) in [5, 5.41) is 0. The fourth-order valence-electron chi connectivity index (χ4n) is 0.965. The van der Waals surface area contributed by atoms with Crippen molar-refractivity contribution < 1.29 is 0 Å². The molecule has 0 saturated heterocycles. The second-order valence-corrected chi connectivity index (χ2v) is 3.03. The van der Waals surface area contributed by atoms with E-state index in [1.807, 2.05) is 0 Å². The summed E-state index contributed by atoms with van der Waals surface area (Å²) in [5.41, 5.74) is 6.66. The maximum Gasteiger partial charge on any atom is 0.129 e. The van der Waals surface area contributed by atoms with E-state index in [2.05, 4.69) is 23.8 Å². The molecule has 3 nitrogen and oxygen atoms in total. The van der Waals surface area contributed by atoms with Gasteiger partial charge in [0.25, 0.3) is 0 Å². The summed E-state index contributed by atoms with van der Waals surface area (Å²) in [6.45, 7) is 4.29. The van der Waals surface area contributed by atoms with E-state index in [4.69, 9.17) is 5.73 Å². The highest BCUT2D eigenvalue weighted by molar-refractivity contribution is 5.36. The standard InChI is InChI=1S/C8H13N3/c1-6(2)3-7-4-10-5-11-8(7)9/h4-6H,3H2,1-2H3,(H2,9,10,11). The number of nitrogens with two attached hydrogens (primary N) is 1. The van der Waals surface area contributed by atoms with Crippen molar-refractivity contribution in [3.63, 3.8) is 0 Å². The number of hydrogen-bond acceptors (Lipinski definition) is 3. The van der Waals surface area contributed by atoms with E-state index in [9.17, 15) is 0 Å². The van der Waals surface area contributed by atoms with Crippen molar-refractivity contribution in [2.24, 2.45) is 5.92 Å². The number of aromatic nitrogens is 2. The average molecular weight is 151 g/mol.